The van der Waals surface area contributed by atoms with Gasteiger partial charge >= 0.3 is 0 Å². The number of nitrogens with zero attached hydrogens (tertiary/aromatic N) is 4. The molecule has 0 spiro atoms. The maximum absolute atomic E-state index is 12.5. The smallest absolute Gasteiger partial charge is 0.233 e. The second-order valence-corrected chi connectivity index (χ2v) is 6.13. The minimum Gasteiger partial charge on any atom is -0.350 e. The summed E-state index contributed by atoms with van der Waals surface area (Å²) in [6.07, 6.45) is 2.47. The number of amides is 1. The van der Waals surface area contributed by atoms with Crippen LogP contribution in [0, 0.1) is 6.92 Å². The summed E-state index contributed by atoms with van der Waals surface area (Å²) < 4.78 is 7.24. The van der Waals surface area contributed by atoms with Gasteiger partial charge in [0.2, 0.25) is 11.8 Å². The fourth-order valence-corrected chi connectivity index (χ4v) is 3.16. The molecule has 0 saturated carbocycles. The number of aryl methyl sites for hydroxylation is 2. The van der Waals surface area contributed by atoms with Gasteiger partial charge < -0.3 is 14.0 Å². The van der Waals surface area contributed by atoms with Crippen molar-refractivity contribution in [1.29, 1.82) is 0 Å². The summed E-state index contributed by atoms with van der Waals surface area (Å²) in [6.45, 7) is 3.12. The maximum Gasteiger partial charge on any atom is 0.233 e. The van der Waals surface area contributed by atoms with Gasteiger partial charge in [-0.3, -0.25) is 4.79 Å². The van der Waals surface area contributed by atoms with E-state index in [-0.39, 0.29) is 11.8 Å². The molecule has 0 radical (unpaired) electrons. The lowest BCUT2D eigenvalue weighted by atomic mass is 9.98. The molecule has 4 rings (SSSR count). The first-order valence-electron chi connectivity index (χ1n) is 7.73. The number of para-hydroxylation sites is 1. The predicted molar refractivity (Wildman–Crippen MR) is 85.0 cm³/mol. The van der Waals surface area contributed by atoms with E-state index in [9.17, 15) is 4.79 Å². The fourth-order valence-electron chi connectivity index (χ4n) is 3.16. The van der Waals surface area contributed by atoms with Crippen LogP contribution in [-0.2, 0) is 18.3 Å². The molecule has 1 saturated heterocycles. The Hall–Kier alpha value is -2.63. The summed E-state index contributed by atoms with van der Waals surface area (Å²) in [5.74, 6) is 1.60. The van der Waals surface area contributed by atoms with Gasteiger partial charge in [-0.2, -0.15) is 4.98 Å². The van der Waals surface area contributed by atoms with E-state index in [1.807, 2.05) is 30.3 Å². The van der Waals surface area contributed by atoms with Crippen LogP contribution in [0.25, 0.3) is 10.9 Å². The average Bonchev–Trinajstić information content (AvgIpc) is 3.03. The van der Waals surface area contributed by atoms with Crippen molar-refractivity contribution in [1.82, 2.24) is 19.6 Å². The Kier molecular flexibility index (Phi) is 3.18. The number of carbonyl (C=O) groups excluding carboxylic acids is 1. The van der Waals surface area contributed by atoms with E-state index in [0.717, 1.165) is 16.5 Å². The highest BCUT2D eigenvalue weighted by Gasteiger charge is 2.35. The van der Waals surface area contributed by atoms with Gasteiger partial charge in [0, 0.05) is 37.2 Å². The third-order valence-corrected chi connectivity index (χ3v) is 4.45. The Morgan fingerprint density at radius 2 is 2.13 bits per heavy atom. The molecule has 3 heterocycles. The monoisotopic (exact) mass is 310 g/mol. The summed E-state index contributed by atoms with van der Waals surface area (Å²) in [6, 6.07) is 8.16. The number of carbonyl (C=O) groups is 1. The summed E-state index contributed by atoms with van der Waals surface area (Å²) in [5.41, 5.74) is 2.23. The summed E-state index contributed by atoms with van der Waals surface area (Å²) in [5, 5.41) is 4.95. The second kappa shape index (κ2) is 5.22. The SMILES string of the molecule is Cc1noc(C2CN(C(=O)Cc3cn(C)c4ccccc34)C2)n1. The molecule has 0 bridgehead atoms. The molecule has 0 atom stereocenters. The molecule has 2 aromatic heterocycles. The third-order valence-electron chi connectivity index (χ3n) is 4.45. The van der Waals surface area contributed by atoms with E-state index >= 15 is 0 Å². The topological polar surface area (TPSA) is 64.2 Å². The summed E-state index contributed by atoms with van der Waals surface area (Å²) >= 11 is 0. The zero-order valence-electron chi connectivity index (χ0n) is 13.2. The molecule has 118 valence electrons. The lowest BCUT2D eigenvalue weighted by Crippen LogP contribution is -2.49. The summed E-state index contributed by atoms with van der Waals surface area (Å²) in [7, 11) is 2.01. The van der Waals surface area contributed by atoms with Gasteiger partial charge in [0.15, 0.2) is 5.82 Å². The van der Waals surface area contributed by atoms with Crippen LogP contribution in [0.15, 0.2) is 35.0 Å². The van der Waals surface area contributed by atoms with Crippen molar-refractivity contribution in [3.05, 3.63) is 47.7 Å². The first-order chi connectivity index (χ1) is 11.1. The van der Waals surface area contributed by atoms with E-state index < -0.39 is 0 Å². The molecule has 1 amide bonds. The average molecular weight is 310 g/mol. The lowest BCUT2D eigenvalue weighted by molar-refractivity contribution is -0.135. The van der Waals surface area contributed by atoms with Crippen molar-refractivity contribution >= 4 is 16.8 Å². The van der Waals surface area contributed by atoms with Crippen LogP contribution in [0.2, 0.25) is 0 Å². The molecular weight excluding hydrogens is 292 g/mol. The molecule has 0 N–H and O–H groups in total. The Labute approximate surface area is 133 Å². The van der Waals surface area contributed by atoms with Crippen molar-refractivity contribution in [2.24, 2.45) is 7.05 Å². The van der Waals surface area contributed by atoms with E-state index in [1.54, 1.807) is 6.92 Å². The minimum atomic E-state index is 0.147. The number of hydrogen-bond donors (Lipinski definition) is 0. The number of rotatable bonds is 3. The van der Waals surface area contributed by atoms with Crippen LogP contribution in [0.1, 0.15) is 23.2 Å². The molecule has 1 fully saturated rings. The first kappa shape index (κ1) is 14.0. The maximum atomic E-state index is 12.5. The normalized spacial score (nSPS) is 15.1. The number of hydrogen-bond acceptors (Lipinski definition) is 4. The van der Waals surface area contributed by atoms with Crippen LogP contribution in [0.5, 0.6) is 0 Å². The molecular formula is C17H18N4O2. The molecule has 6 nitrogen and oxygen atoms in total. The highest BCUT2D eigenvalue weighted by molar-refractivity contribution is 5.89. The molecule has 1 aliphatic rings. The van der Waals surface area contributed by atoms with E-state index in [0.29, 0.717) is 31.2 Å². The Balaban J connectivity index is 1.45. The van der Waals surface area contributed by atoms with Gasteiger partial charge in [-0.05, 0) is 18.6 Å². The molecule has 6 heteroatoms. The van der Waals surface area contributed by atoms with Gasteiger partial charge in [-0.1, -0.05) is 23.4 Å². The Morgan fingerprint density at radius 1 is 1.35 bits per heavy atom. The molecule has 1 aliphatic heterocycles. The molecule has 3 aromatic rings. The highest BCUT2D eigenvalue weighted by Crippen LogP contribution is 2.27. The number of benzene rings is 1. The highest BCUT2D eigenvalue weighted by atomic mass is 16.5. The molecule has 1 aromatic carbocycles. The molecule has 23 heavy (non-hydrogen) atoms. The van der Waals surface area contributed by atoms with Gasteiger partial charge in [0.05, 0.1) is 12.3 Å². The van der Waals surface area contributed by atoms with Gasteiger partial charge in [-0.15, -0.1) is 0 Å². The fraction of sp³-hybridized carbons (Fsp3) is 0.353. The van der Waals surface area contributed by atoms with E-state index in [4.69, 9.17) is 4.52 Å². The van der Waals surface area contributed by atoms with Crippen molar-refractivity contribution in [3.8, 4) is 0 Å². The van der Waals surface area contributed by atoms with Crippen molar-refractivity contribution < 1.29 is 9.32 Å². The molecule has 0 aliphatic carbocycles. The van der Waals surface area contributed by atoms with Crippen LogP contribution in [0.4, 0.5) is 0 Å². The summed E-state index contributed by atoms with van der Waals surface area (Å²) in [4.78, 5) is 18.6. The van der Waals surface area contributed by atoms with Gasteiger partial charge in [-0.25, -0.2) is 0 Å². The third kappa shape index (κ3) is 2.40. The predicted octanol–water partition coefficient (Wildman–Crippen LogP) is 2.04. The largest absolute Gasteiger partial charge is 0.350 e. The zero-order chi connectivity index (χ0) is 16.0. The Bertz CT molecular complexity index is 874. The van der Waals surface area contributed by atoms with Crippen LogP contribution >= 0.6 is 0 Å². The van der Waals surface area contributed by atoms with Gasteiger partial charge in [0.1, 0.15) is 0 Å². The molecule has 0 unspecified atom stereocenters. The number of likely N-dealkylation sites (tertiary alicyclic amines) is 1. The van der Waals surface area contributed by atoms with E-state index in [2.05, 4.69) is 26.8 Å². The second-order valence-electron chi connectivity index (χ2n) is 6.13. The number of fused-ring (bicyclic) bond motifs is 1. The lowest BCUT2D eigenvalue weighted by Gasteiger charge is -2.37. The minimum absolute atomic E-state index is 0.147. The van der Waals surface area contributed by atoms with Crippen molar-refractivity contribution in [2.45, 2.75) is 19.3 Å². The quantitative estimate of drug-likeness (QED) is 0.742. The zero-order valence-corrected chi connectivity index (χ0v) is 13.2. The van der Waals surface area contributed by atoms with E-state index in [1.165, 1.54) is 0 Å². The standard InChI is InChI=1S/C17H18N4O2/c1-11-18-17(23-19-11)13-9-21(10-13)16(22)7-12-8-20(2)15-6-4-3-5-14(12)15/h3-6,8,13H,7,9-10H2,1-2H3. The first-order valence-corrected chi connectivity index (χ1v) is 7.73. The van der Waals surface area contributed by atoms with Crippen molar-refractivity contribution in [3.63, 3.8) is 0 Å². The van der Waals surface area contributed by atoms with Crippen LogP contribution < -0.4 is 0 Å². The van der Waals surface area contributed by atoms with Crippen LogP contribution in [-0.4, -0.2) is 38.6 Å². The number of aromatic nitrogens is 3. The van der Waals surface area contributed by atoms with Gasteiger partial charge in [0.25, 0.3) is 0 Å². The van der Waals surface area contributed by atoms with Crippen LogP contribution in [0.3, 0.4) is 0 Å². The van der Waals surface area contributed by atoms with Crippen molar-refractivity contribution in [2.75, 3.05) is 13.1 Å². The Morgan fingerprint density at radius 3 is 2.87 bits per heavy atom.